The molecule has 106 valence electrons. The van der Waals surface area contributed by atoms with Gasteiger partial charge in [-0.2, -0.15) is 0 Å². The molecule has 20 heavy (non-hydrogen) atoms. The lowest BCUT2D eigenvalue weighted by Gasteiger charge is -2.13. The fourth-order valence-electron chi connectivity index (χ4n) is 1.86. The van der Waals surface area contributed by atoms with E-state index in [9.17, 15) is 4.39 Å². The summed E-state index contributed by atoms with van der Waals surface area (Å²) < 4.78 is 14.5. The lowest BCUT2D eigenvalue weighted by atomic mass is 10.0. The Hall–Kier alpha value is -0.840. The summed E-state index contributed by atoms with van der Waals surface area (Å²) >= 11 is 5.06. The first-order chi connectivity index (χ1) is 9.58. The summed E-state index contributed by atoms with van der Waals surface area (Å²) in [4.78, 5) is 2.20. The third kappa shape index (κ3) is 4.33. The van der Waals surface area contributed by atoms with Crippen LogP contribution in [0.15, 0.2) is 56.7 Å². The van der Waals surface area contributed by atoms with Crippen LogP contribution < -0.4 is 5.73 Å². The van der Waals surface area contributed by atoms with Gasteiger partial charge in [0.15, 0.2) is 0 Å². The summed E-state index contributed by atoms with van der Waals surface area (Å²) in [6.07, 6.45) is 1.59. The molecule has 0 amide bonds. The van der Waals surface area contributed by atoms with Crippen LogP contribution in [0.4, 0.5) is 4.39 Å². The van der Waals surface area contributed by atoms with Crippen LogP contribution >= 0.6 is 27.7 Å². The van der Waals surface area contributed by atoms with E-state index in [1.165, 1.54) is 6.07 Å². The molecule has 1 unspecified atom stereocenters. The minimum Gasteiger partial charge on any atom is -0.327 e. The van der Waals surface area contributed by atoms with E-state index in [0.29, 0.717) is 6.42 Å². The second-order valence-electron chi connectivity index (χ2n) is 4.68. The summed E-state index contributed by atoms with van der Waals surface area (Å²) in [5, 5.41) is 0. The standard InChI is InChI=1S/C16H17BrFNS/c1-2-14(19)10-11-9-13(18)5-8-16(11)20-15-6-3-12(17)4-7-15/h3-9,14H,2,10,19H2,1H3. The van der Waals surface area contributed by atoms with Crippen LogP contribution in [0.1, 0.15) is 18.9 Å². The summed E-state index contributed by atoms with van der Waals surface area (Å²) in [6, 6.07) is 13.1. The molecule has 0 saturated carbocycles. The van der Waals surface area contributed by atoms with E-state index < -0.39 is 0 Å². The third-order valence-electron chi connectivity index (χ3n) is 3.07. The Morgan fingerprint density at radius 2 is 1.90 bits per heavy atom. The molecule has 2 rings (SSSR count). The summed E-state index contributed by atoms with van der Waals surface area (Å²) in [7, 11) is 0. The van der Waals surface area contributed by atoms with Gasteiger partial charge in [0.25, 0.3) is 0 Å². The predicted octanol–water partition coefficient (Wildman–Crippen LogP) is 5.02. The molecule has 0 aliphatic heterocycles. The van der Waals surface area contributed by atoms with Gasteiger partial charge >= 0.3 is 0 Å². The molecule has 2 aromatic rings. The zero-order chi connectivity index (χ0) is 14.5. The Balaban J connectivity index is 2.23. The molecule has 0 aliphatic carbocycles. The van der Waals surface area contributed by atoms with E-state index in [2.05, 4.69) is 15.9 Å². The number of nitrogens with two attached hydrogens (primary N) is 1. The first-order valence-corrected chi connectivity index (χ1v) is 8.17. The lowest BCUT2D eigenvalue weighted by molar-refractivity contribution is 0.610. The van der Waals surface area contributed by atoms with Crippen molar-refractivity contribution in [1.29, 1.82) is 0 Å². The maximum atomic E-state index is 13.4. The zero-order valence-corrected chi connectivity index (χ0v) is 13.7. The van der Waals surface area contributed by atoms with E-state index in [0.717, 1.165) is 26.2 Å². The maximum Gasteiger partial charge on any atom is 0.123 e. The molecule has 0 radical (unpaired) electrons. The minimum absolute atomic E-state index is 0.0704. The van der Waals surface area contributed by atoms with Crippen molar-refractivity contribution >= 4 is 27.7 Å². The van der Waals surface area contributed by atoms with Crippen LogP contribution in [0.25, 0.3) is 0 Å². The normalized spacial score (nSPS) is 12.4. The molecule has 2 N–H and O–H groups in total. The van der Waals surface area contributed by atoms with Crippen molar-refractivity contribution in [2.24, 2.45) is 5.73 Å². The smallest absolute Gasteiger partial charge is 0.123 e. The van der Waals surface area contributed by atoms with Crippen molar-refractivity contribution in [3.63, 3.8) is 0 Å². The van der Waals surface area contributed by atoms with Crippen molar-refractivity contribution in [2.45, 2.75) is 35.6 Å². The van der Waals surface area contributed by atoms with E-state index in [1.807, 2.05) is 37.3 Å². The number of halogens is 2. The van der Waals surface area contributed by atoms with Gasteiger partial charge < -0.3 is 5.73 Å². The molecule has 0 heterocycles. The Kier molecular flexibility index (Phi) is 5.64. The molecular weight excluding hydrogens is 337 g/mol. The van der Waals surface area contributed by atoms with E-state index in [1.54, 1.807) is 17.8 Å². The van der Waals surface area contributed by atoms with E-state index >= 15 is 0 Å². The fourth-order valence-corrected chi connectivity index (χ4v) is 3.06. The molecular formula is C16H17BrFNS. The van der Waals surface area contributed by atoms with Crippen LogP contribution in [-0.4, -0.2) is 6.04 Å². The molecule has 0 fully saturated rings. The Morgan fingerprint density at radius 3 is 2.55 bits per heavy atom. The molecule has 4 heteroatoms. The van der Waals surface area contributed by atoms with Gasteiger partial charge in [0, 0.05) is 20.3 Å². The van der Waals surface area contributed by atoms with Gasteiger partial charge in [0.2, 0.25) is 0 Å². The number of benzene rings is 2. The number of hydrogen-bond donors (Lipinski definition) is 1. The Bertz CT molecular complexity index is 571. The summed E-state index contributed by atoms with van der Waals surface area (Å²) in [6.45, 7) is 2.05. The SMILES string of the molecule is CCC(N)Cc1cc(F)ccc1Sc1ccc(Br)cc1. The van der Waals surface area contributed by atoms with Crippen molar-refractivity contribution in [1.82, 2.24) is 0 Å². The maximum absolute atomic E-state index is 13.4. The van der Waals surface area contributed by atoms with Crippen LogP contribution in [0.5, 0.6) is 0 Å². The largest absolute Gasteiger partial charge is 0.327 e. The van der Waals surface area contributed by atoms with Crippen LogP contribution in [0, 0.1) is 5.82 Å². The molecule has 1 atom stereocenters. The topological polar surface area (TPSA) is 26.0 Å². The average molecular weight is 354 g/mol. The molecule has 1 nitrogen and oxygen atoms in total. The summed E-state index contributed by atoms with van der Waals surface area (Å²) in [5.74, 6) is -0.205. The van der Waals surface area contributed by atoms with Crippen LogP contribution in [-0.2, 0) is 6.42 Å². The van der Waals surface area contributed by atoms with E-state index in [4.69, 9.17) is 5.73 Å². The van der Waals surface area contributed by atoms with Gasteiger partial charge in [0.05, 0.1) is 0 Å². The quantitative estimate of drug-likeness (QED) is 0.816. The van der Waals surface area contributed by atoms with Gasteiger partial charge in [0.1, 0.15) is 5.82 Å². The van der Waals surface area contributed by atoms with Crippen molar-refractivity contribution in [3.05, 3.63) is 58.3 Å². The first-order valence-electron chi connectivity index (χ1n) is 6.56. The van der Waals surface area contributed by atoms with Gasteiger partial charge in [-0.3, -0.25) is 0 Å². The average Bonchev–Trinajstić information content (AvgIpc) is 2.44. The lowest BCUT2D eigenvalue weighted by Crippen LogP contribution is -2.21. The minimum atomic E-state index is -0.205. The van der Waals surface area contributed by atoms with Gasteiger partial charge in [-0.1, -0.05) is 34.6 Å². The van der Waals surface area contributed by atoms with Crippen molar-refractivity contribution in [3.8, 4) is 0 Å². The van der Waals surface area contributed by atoms with Crippen LogP contribution in [0.2, 0.25) is 0 Å². The first kappa shape index (κ1) is 15.5. The molecule has 0 aliphatic rings. The highest BCUT2D eigenvalue weighted by Gasteiger charge is 2.09. The Labute approximate surface area is 131 Å². The second-order valence-corrected chi connectivity index (χ2v) is 6.71. The van der Waals surface area contributed by atoms with Crippen molar-refractivity contribution < 1.29 is 4.39 Å². The Morgan fingerprint density at radius 1 is 1.20 bits per heavy atom. The van der Waals surface area contributed by atoms with Gasteiger partial charge in [-0.15, -0.1) is 0 Å². The molecule has 0 spiro atoms. The highest BCUT2D eigenvalue weighted by molar-refractivity contribution is 9.10. The molecule has 2 aromatic carbocycles. The van der Waals surface area contributed by atoms with Gasteiger partial charge in [-0.05, 0) is 60.9 Å². The third-order valence-corrected chi connectivity index (χ3v) is 4.73. The van der Waals surface area contributed by atoms with E-state index in [-0.39, 0.29) is 11.9 Å². The monoisotopic (exact) mass is 353 g/mol. The number of rotatable bonds is 5. The highest BCUT2D eigenvalue weighted by Crippen LogP contribution is 2.32. The fraction of sp³-hybridized carbons (Fsp3) is 0.250. The molecule has 0 saturated heterocycles. The second kappa shape index (κ2) is 7.25. The van der Waals surface area contributed by atoms with Crippen molar-refractivity contribution in [2.75, 3.05) is 0 Å². The predicted molar refractivity (Wildman–Crippen MR) is 86.6 cm³/mol. The molecule has 0 bridgehead atoms. The number of hydrogen-bond acceptors (Lipinski definition) is 2. The van der Waals surface area contributed by atoms with Gasteiger partial charge in [-0.25, -0.2) is 4.39 Å². The molecule has 0 aromatic heterocycles. The highest BCUT2D eigenvalue weighted by atomic mass is 79.9. The summed E-state index contributed by atoms with van der Waals surface area (Å²) in [5.41, 5.74) is 6.98. The van der Waals surface area contributed by atoms with Crippen LogP contribution in [0.3, 0.4) is 0 Å². The zero-order valence-electron chi connectivity index (χ0n) is 11.3.